The van der Waals surface area contributed by atoms with Gasteiger partial charge in [-0.3, -0.25) is 0 Å². The molecule has 0 aliphatic heterocycles. The van der Waals surface area contributed by atoms with E-state index < -0.39 is 5.60 Å². The molecule has 3 nitrogen and oxygen atoms in total. The van der Waals surface area contributed by atoms with E-state index in [-0.39, 0.29) is 5.41 Å². The Morgan fingerprint density at radius 3 is 2.48 bits per heavy atom. The largest absolute Gasteiger partial charge is 0.389 e. The van der Waals surface area contributed by atoms with E-state index in [9.17, 15) is 5.11 Å². The lowest BCUT2D eigenvalue weighted by atomic mass is 9.57. The first kappa shape index (κ1) is 15.0. The van der Waals surface area contributed by atoms with Crippen molar-refractivity contribution >= 4 is 0 Å². The molecule has 1 atom stereocenters. The van der Waals surface area contributed by atoms with Gasteiger partial charge in [0, 0.05) is 19.1 Å². The van der Waals surface area contributed by atoms with E-state index >= 15 is 0 Å². The van der Waals surface area contributed by atoms with E-state index in [1.165, 1.54) is 11.1 Å². The molecule has 3 rings (SSSR count). The quantitative estimate of drug-likeness (QED) is 0.898. The summed E-state index contributed by atoms with van der Waals surface area (Å²) in [5, 5.41) is 11.3. The second-order valence-corrected chi connectivity index (χ2v) is 6.90. The van der Waals surface area contributed by atoms with Gasteiger partial charge in [0.2, 0.25) is 0 Å². The maximum atomic E-state index is 11.3. The predicted molar refractivity (Wildman–Crippen MR) is 84.2 cm³/mol. The summed E-state index contributed by atoms with van der Waals surface area (Å²) >= 11 is 0. The maximum absolute atomic E-state index is 11.3. The summed E-state index contributed by atoms with van der Waals surface area (Å²) in [6, 6.07) is 8.61. The first-order chi connectivity index (χ1) is 10.1. The van der Waals surface area contributed by atoms with Crippen LogP contribution in [0.5, 0.6) is 0 Å². The first-order valence-corrected chi connectivity index (χ1v) is 8.14. The second kappa shape index (κ2) is 5.71. The minimum atomic E-state index is -0.635. The van der Waals surface area contributed by atoms with Crippen LogP contribution in [0.25, 0.3) is 0 Å². The highest BCUT2D eigenvalue weighted by atomic mass is 16.5. The van der Waals surface area contributed by atoms with Crippen molar-refractivity contribution in [3.05, 3.63) is 35.4 Å². The van der Waals surface area contributed by atoms with E-state index in [0.29, 0.717) is 12.6 Å². The fourth-order valence-electron chi connectivity index (χ4n) is 4.40. The van der Waals surface area contributed by atoms with Gasteiger partial charge in [0.05, 0.1) is 11.7 Å². The van der Waals surface area contributed by atoms with E-state index in [1.807, 2.05) is 0 Å². The van der Waals surface area contributed by atoms with Crippen LogP contribution in [0.3, 0.4) is 0 Å². The van der Waals surface area contributed by atoms with Crippen molar-refractivity contribution < 1.29 is 9.84 Å². The number of hydrogen-bond acceptors (Lipinski definition) is 3. The zero-order valence-electron chi connectivity index (χ0n) is 13.0. The number of fused-ring (bicyclic) bond motifs is 1. The summed E-state index contributed by atoms with van der Waals surface area (Å²) in [5.41, 5.74) is 8.18. The molecule has 1 unspecified atom stereocenters. The molecule has 3 N–H and O–H groups in total. The molecule has 2 aliphatic rings. The van der Waals surface area contributed by atoms with Crippen molar-refractivity contribution in [2.45, 2.75) is 56.7 Å². The molecule has 21 heavy (non-hydrogen) atoms. The van der Waals surface area contributed by atoms with Gasteiger partial charge in [-0.1, -0.05) is 24.3 Å². The van der Waals surface area contributed by atoms with Crippen LogP contribution >= 0.6 is 0 Å². The molecule has 0 spiro atoms. The molecule has 1 aromatic carbocycles. The Hall–Kier alpha value is -0.900. The van der Waals surface area contributed by atoms with Gasteiger partial charge in [0.15, 0.2) is 0 Å². The highest BCUT2D eigenvalue weighted by Gasteiger charge is 2.51. The third-order valence-electron chi connectivity index (χ3n) is 5.99. The first-order valence-electron chi connectivity index (χ1n) is 8.14. The summed E-state index contributed by atoms with van der Waals surface area (Å²) in [6.45, 7) is 0.565. The molecule has 0 saturated heterocycles. The van der Waals surface area contributed by atoms with Crippen molar-refractivity contribution in [2.24, 2.45) is 11.1 Å². The molecular weight excluding hydrogens is 262 g/mol. The molecule has 1 aromatic rings. The molecule has 0 radical (unpaired) electrons. The third kappa shape index (κ3) is 2.52. The highest BCUT2D eigenvalue weighted by molar-refractivity contribution is 5.32. The molecule has 1 fully saturated rings. The average Bonchev–Trinajstić information content (AvgIpc) is 2.55. The van der Waals surface area contributed by atoms with Crippen molar-refractivity contribution in [1.82, 2.24) is 0 Å². The molecule has 0 amide bonds. The smallest absolute Gasteiger partial charge is 0.0721 e. The number of hydrogen-bond donors (Lipinski definition) is 2. The number of benzene rings is 1. The standard InChI is InChI=1S/C18H27NO2/c1-21-16-7-10-18(20,11-8-16)17(13-19)9-6-14-4-2-3-5-15(14)12-17/h2-5,16,20H,6-13,19H2,1H3. The Morgan fingerprint density at radius 2 is 1.86 bits per heavy atom. The van der Waals surface area contributed by atoms with Crippen LogP contribution < -0.4 is 5.73 Å². The zero-order valence-corrected chi connectivity index (χ0v) is 13.0. The number of rotatable bonds is 3. The van der Waals surface area contributed by atoms with Gasteiger partial charge in [0.25, 0.3) is 0 Å². The van der Waals surface area contributed by atoms with Crippen LogP contribution in [0.4, 0.5) is 0 Å². The van der Waals surface area contributed by atoms with Crippen LogP contribution in [-0.4, -0.2) is 30.5 Å². The Morgan fingerprint density at radius 1 is 1.19 bits per heavy atom. The fraction of sp³-hybridized carbons (Fsp3) is 0.667. The van der Waals surface area contributed by atoms with E-state index in [2.05, 4.69) is 24.3 Å². The van der Waals surface area contributed by atoms with Gasteiger partial charge in [-0.15, -0.1) is 0 Å². The SMILES string of the molecule is COC1CCC(O)(C2(CN)CCc3ccccc3C2)CC1. The Labute approximate surface area is 127 Å². The van der Waals surface area contributed by atoms with Gasteiger partial charge in [-0.25, -0.2) is 0 Å². The van der Waals surface area contributed by atoms with E-state index in [4.69, 9.17) is 10.5 Å². The third-order valence-corrected chi connectivity index (χ3v) is 5.99. The summed E-state index contributed by atoms with van der Waals surface area (Å²) in [6.07, 6.45) is 6.74. The Bertz CT molecular complexity index is 494. The summed E-state index contributed by atoms with van der Waals surface area (Å²) < 4.78 is 5.45. The van der Waals surface area contributed by atoms with E-state index in [0.717, 1.165) is 44.9 Å². The lowest BCUT2D eigenvalue weighted by Crippen LogP contribution is -2.57. The molecule has 2 aliphatic carbocycles. The molecular formula is C18H27NO2. The summed E-state index contributed by atoms with van der Waals surface area (Å²) in [7, 11) is 1.77. The Kier molecular flexibility index (Phi) is 4.08. The highest BCUT2D eigenvalue weighted by Crippen LogP contribution is 2.49. The molecule has 0 heterocycles. The number of nitrogens with two attached hydrogens (primary N) is 1. The van der Waals surface area contributed by atoms with Gasteiger partial charge < -0.3 is 15.6 Å². The topological polar surface area (TPSA) is 55.5 Å². The van der Waals surface area contributed by atoms with Crippen LogP contribution in [-0.2, 0) is 17.6 Å². The predicted octanol–water partition coefficient (Wildman–Crippen LogP) is 2.44. The van der Waals surface area contributed by atoms with Crippen molar-refractivity contribution in [3.8, 4) is 0 Å². The lowest BCUT2D eigenvalue weighted by molar-refractivity contribution is -0.131. The van der Waals surface area contributed by atoms with Crippen LogP contribution in [0, 0.1) is 5.41 Å². The zero-order chi connectivity index (χ0) is 14.9. The minimum Gasteiger partial charge on any atom is -0.389 e. The van der Waals surface area contributed by atoms with Gasteiger partial charge >= 0.3 is 0 Å². The Balaban J connectivity index is 1.85. The van der Waals surface area contributed by atoms with Gasteiger partial charge in [0.1, 0.15) is 0 Å². The summed E-state index contributed by atoms with van der Waals surface area (Å²) in [4.78, 5) is 0. The molecule has 116 valence electrons. The van der Waals surface area contributed by atoms with Crippen LogP contribution in [0.15, 0.2) is 24.3 Å². The molecule has 0 aromatic heterocycles. The number of methoxy groups -OCH3 is 1. The van der Waals surface area contributed by atoms with Gasteiger partial charge in [-0.05, 0) is 56.1 Å². The molecule has 0 bridgehead atoms. The van der Waals surface area contributed by atoms with Crippen LogP contribution in [0.1, 0.15) is 43.2 Å². The van der Waals surface area contributed by atoms with Crippen LogP contribution in [0.2, 0.25) is 0 Å². The second-order valence-electron chi connectivity index (χ2n) is 6.90. The molecule has 1 saturated carbocycles. The molecule has 3 heteroatoms. The van der Waals surface area contributed by atoms with Gasteiger partial charge in [-0.2, -0.15) is 0 Å². The number of aliphatic hydroxyl groups is 1. The monoisotopic (exact) mass is 289 g/mol. The normalized spacial score (nSPS) is 36.2. The average molecular weight is 289 g/mol. The van der Waals surface area contributed by atoms with Crippen molar-refractivity contribution in [3.63, 3.8) is 0 Å². The maximum Gasteiger partial charge on any atom is 0.0721 e. The number of ether oxygens (including phenoxy) is 1. The fourth-order valence-corrected chi connectivity index (χ4v) is 4.40. The van der Waals surface area contributed by atoms with Crippen molar-refractivity contribution in [1.29, 1.82) is 0 Å². The summed E-state index contributed by atoms with van der Waals surface area (Å²) in [5.74, 6) is 0. The lowest BCUT2D eigenvalue weighted by Gasteiger charge is -2.52. The van der Waals surface area contributed by atoms with E-state index in [1.54, 1.807) is 7.11 Å². The van der Waals surface area contributed by atoms with Crippen molar-refractivity contribution in [2.75, 3.05) is 13.7 Å². The minimum absolute atomic E-state index is 0.167. The number of aryl methyl sites for hydroxylation is 1.